The molecule has 5 rings (SSSR count). The normalized spacial score (nSPS) is 17.5. The molecule has 1 atom stereocenters. The molecule has 8 nitrogen and oxygen atoms in total. The number of anilines is 2. The average molecular weight is 436 g/mol. The highest BCUT2D eigenvalue weighted by Crippen LogP contribution is 2.30. The van der Waals surface area contributed by atoms with Crippen LogP contribution in [0, 0.1) is 0 Å². The Hall–Kier alpha value is -3.30. The smallest absolute Gasteiger partial charge is 0.253 e. The summed E-state index contributed by atoms with van der Waals surface area (Å²) in [6.45, 7) is 1.51. The van der Waals surface area contributed by atoms with Crippen molar-refractivity contribution in [3.8, 4) is 0 Å². The number of amides is 2. The van der Waals surface area contributed by atoms with E-state index in [-0.39, 0.29) is 24.5 Å². The number of fused-ring (bicyclic) bond motifs is 2. The number of carbonyl (C=O) groups excluding carboxylic acids is 2. The predicted octanol–water partition coefficient (Wildman–Crippen LogP) is 2.54. The number of hydrogen-bond donors (Lipinski definition) is 2. The van der Waals surface area contributed by atoms with E-state index < -0.39 is 0 Å². The molecule has 2 aliphatic rings. The van der Waals surface area contributed by atoms with Gasteiger partial charge < -0.3 is 20.3 Å². The van der Waals surface area contributed by atoms with Gasteiger partial charge in [0.1, 0.15) is 6.10 Å². The highest BCUT2D eigenvalue weighted by molar-refractivity contribution is 7.07. The molecule has 2 aromatic heterocycles. The minimum absolute atomic E-state index is 0.0907. The van der Waals surface area contributed by atoms with E-state index in [1.54, 1.807) is 16.5 Å². The number of thiazole rings is 1. The Balaban J connectivity index is 1.33. The van der Waals surface area contributed by atoms with Crippen molar-refractivity contribution in [3.63, 3.8) is 0 Å². The van der Waals surface area contributed by atoms with Crippen molar-refractivity contribution >= 4 is 34.7 Å². The van der Waals surface area contributed by atoms with Gasteiger partial charge in [-0.25, -0.2) is 9.97 Å². The first-order valence-corrected chi connectivity index (χ1v) is 11.0. The number of carbonyl (C=O) groups is 2. The Bertz CT molecular complexity index is 1120. The van der Waals surface area contributed by atoms with E-state index in [0.29, 0.717) is 36.8 Å². The molecule has 0 saturated carbocycles. The third kappa shape index (κ3) is 4.01. The summed E-state index contributed by atoms with van der Waals surface area (Å²) in [5, 5.41) is 7.86. The summed E-state index contributed by atoms with van der Waals surface area (Å²) in [7, 11) is 0. The van der Waals surface area contributed by atoms with Crippen molar-refractivity contribution in [1.82, 2.24) is 15.3 Å². The van der Waals surface area contributed by atoms with Crippen LogP contribution in [0.25, 0.3) is 0 Å². The molecular weight excluding hydrogens is 414 g/mol. The lowest BCUT2D eigenvalue weighted by Gasteiger charge is -2.29. The molecule has 0 spiro atoms. The third-order valence-electron chi connectivity index (χ3n) is 5.47. The van der Waals surface area contributed by atoms with Crippen molar-refractivity contribution in [1.29, 1.82) is 0 Å². The van der Waals surface area contributed by atoms with Crippen molar-refractivity contribution in [2.75, 3.05) is 29.9 Å². The van der Waals surface area contributed by atoms with Gasteiger partial charge in [0.15, 0.2) is 5.82 Å². The average Bonchev–Trinajstić information content (AvgIpc) is 3.32. The van der Waals surface area contributed by atoms with Crippen molar-refractivity contribution in [2.24, 2.45) is 0 Å². The van der Waals surface area contributed by atoms with Gasteiger partial charge in [-0.15, -0.1) is 11.3 Å². The zero-order valence-electron chi connectivity index (χ0n) is 16.7. The second-order valence-corrected chi connectivity index (χ2v) is 8.14. The summed E-state index contributed by atoms with van der Waals surface area (Å²) in [6, 6.07) is 9.84. The number of aromatic nitrogens is 2. The van der Waals surface area contributed by atoms with Crippen LogP contribution >= 0.6 is 11.3 Å². The van der Waals surface area contributed by atoms with Gasteiger partial charge in [-0.2, -0.15) is 0 Å². The Morgan fingerprint density at radius 3 is 3.10 bits per heavy atom. The van der Waals surface area contributed by atoms with Crippen LogP contribution < -0.4 is 15.5 Å². The molecule has 0 saturated heterocycles. The topological polar surface area (TPSA) is 96.4 Å². The van der Waals surface area contributed by atoms with Gasteiger partial charge >= 0.3 is 0 Å². The molecule has 3 aromatic rings. The highest BCUT2D eigenvalue weighted by atomic mass is 32.1. The van der Waals surface area contributed by atoms with Gasteiger partial charge in [0, 0.05) is 18.1 Å². The summed E-state index contributed by atoms with van der Waals surface area (Å²) in [4.78, 5) is 35.6. The monoisotopic (exact) mass is 435 g/mol. The molecule has 1 unspecified atom stereocenters. The fourth-order valence-electron chi connectivity index (χ4n) is 3.89. The second kappa shape index (κ2) is 8.44. The molecule has 0 bridgehead atoms. The van der Waals surface area contributed by atoms with Crippen molar-refractivity contribution in [2.45, 2.75) is 19.1 Å². The largest absolute Gasteiger partial charge is 0.371 e. The van der Waals surface area contributed by atoms with Crippen LogP contribution in [0.5, 0.6) is 0 Å². The minimum atomic E-state index is -0.256. The number of benzene rings is 1. The van der Waals surface area contributed by atoms with E-state index in [2.05, 4.69) is 26.7 Å². The van der Waals surface area contributed by atoms with Gasteiger partial charge in [-0.1, -0.05) is 24.3 Å². The number of hydrogen-bond acceptors (Lipinski definition) is 7. The molecule has 4 heterocycles. The summed E-state index contributed by atoms with van der Waals surface area (Å²) in [6.07, 6.45) is 2.22. The Morgan fingerprint density at radius 1 is 1.32 bits per heavy atom. The molecule has 1 aromatic carbocycles. The van der Waals surface area contributed by atoms with Crippen LogP contribution in [0.3, 0.4) is 0 Å². The number of nitrogens with one attached hydrogen (secondary N) is 2. The number of nitrogens with zero attached hydrogens (tertiary/aromatic N) is 3. The molecule has 0 aliphatic carbocycles. The Labute approximate surface area is 183 Å². The highest BCUT2D eigenvalue weighted by Gasteiger charge is 2.27. The minimum Gasteiger partial charge on any atom is -0.371 e. The lowest BCUT2D eigenvalue weighted by molar-refractivity contribution is -0.117. The molecular formula is C22H21N5O3S. The Morgan fingerprint density at radius 2 is 2.23 bits per heavy atom. The molecule has 2 N–H and O–H groups in total. The molecule has 2 amide bonds. The van der Waals surface area contributed by atoms with E-state index in [1.165, 1.54) is 23.1 Å². The maximum absolute atomic E-state index is 12.8. The Kier molecular flexibility index (Phi) is 5.35. The van der Waals surface area contributed by atoms with Crippen LogP contribution in [0.2, 0.25) is 0 Å². The third-order valence-corrected chi connectivity index (χ3v) is 6.11. The van der Waals surface area contributed by atoms with Gasteiger partial charge in [0.2, 0.25) is 5.91 Å². The maximum atomic E-state index is 12.8. The predicted molar refractivity (Wildman–Crippen MR) is 117 cm³/mol. The standard InChI is InChI=1S/C22H21N5O3S/c28-20-10-24-21-18(27(20)11-16-12-31-13-26-16)7-15(8-23-21)22(29)25-9-19-17-4-2-1-3-14(17)5-6-30-19/h1-4,7-8,12-13,19H,5-6,9-11H2,(H,23,24)(H,25,29). The van der Waals surface area contributed by atoms with E-state index >= 15 is 0 Å². The van der Waals surface area contributed by atoms with E-state index in [9.17, 15) is 9.59 Å². The van der Waals surface area contributed by atoms with Crippen molar-refractivity contribution in [3.05, 3.63) is 69.8 Å². The van der Waals surface area contributed by atoms with Crippen molar-refractivity contribution < 1.29 is 14.3 Å². The van der Waals surface area contributed by atoms with Gasteiger partial charge in [-0.3, -0.25) is 9.59 Å². The van der Waals surface area contributed by atoms with E-state index in [0.717, 1.165) is 17.7 Å². The van der Waals surface area contributed by atoms with E-state index in [1.807, 2.05) is 23.6 Å². The molecule has 0 fully saturated rings. The number of rotatable bonds is 5. The zero-order valence-corrected chi connectivity index (χ0v) is 17.5. The number of pyridine rings is 1. The number of ether oxygens (including phenoxy) is 1. The SMILES string of the molecule is O=C(NCC1OCCc2ccccc21)c1cnc2c(c1)N(Cc1cscn1)C(=O)CN2. The molecule has 0 radical (unpaired) electrons. The first-order valence-electron chi connectivity index (χ1n) is 10.1. The first-order chi connectivity index (χ1) is 15.2. The molecule has 158 valence electrons. The van der Waals surface area contributed by atoms with Gasteiger partial charge in [0.05, 0.1) is 42.2 Å². The first kappa shape index (κ1) is 19.7. The van der Waals surface area contributed by atoms with E-state index in [4.69, 9.17) is 4.74 Å². The molecule has 31 heavy (non-hydrogen) atoms. The van der Waals surface area contributed by atoms with Gasteiger partial charge in [-0.05, 0) is 23.6 Å². The molecule has 2 aliphatic heterocycles. The summed E-state index contributed by atoms with van der Waals surface area (Å²) < 4.78 is 5.87. The van der Waals surface area contributed by atoms with Gasteiger partial charge in [0.25, 0.3) is 5.91 Å². The maximum Gasteiger partial charge on any atom is 0.253 e. The van der Waals surface area contributed by atoms with Crippen LogP contribution in [-0.4, -0.2) is 41.5 Å². The van der Waals surface area contributed by atoms with Crippen LogP contribution in [0.1, 0.15) is 33.3 Å². The molecule has 9 heteroatoms. The summed E-state index contributed by atoms with van der Waals surface area (Å²) >= 11 is 1.48. The van der Waals surface area contributed by atoms with Crippen LogP contribution in [0.4, 0.5) is 11.5 Å². The van der Waals surface area contributed by atoms with Crippen LogP contribution in [0.15, 0.2) is 47.4 Å². The zero-order chi connectivity index (χ0) is 21.2. The summed E-state index contributed by atoms with van der Waals surface area (Å²) in [5.74, 6) is 0.233. The second-order valence-electron chi connectivity index (χ2n) is 7.42. The lowest BCUT2D eigenvalue weighted by atomic mass is 9.97. The fourth-order valence-corrected chi connectivity index (χ4v) is 4.44. The fraction of sp³-hybridized carbons (Fsp3) is 0.273. The summed E-state index contributed by atoms with van der Waals surface area (Å²) in [5.41, 5.74) is 5.87. The lowest BCUT2D eigenvalue weighted by Crippen LogP contribution is -2.40. The quantitative estimate of drug-likeness (QED) is 0.639. The van der Waals surface area contributed by atoms with Crippen LogP contribution in [-0.2, 0) is 22.5 Å².